The number of amides is 1. The molecule has 0 aliphatic rings. The second-order valence-electron chi connectivity index (χ2n) is 7.41. The predicted octanol–water partition coefficient (Wildman–Crippen LogP) is 4.79. The maximum atomic E-state index is 12.7. The molecule has 10 heteroatoms. The molecule has 0 fully saturated rings. The van der Waals surface area contributed by atoms with Gasteiger partial charge in [-0.3, -0.25) is 9.59 Å². The maximum Gasteiger partial charge on any atom is 0.416 e. The second kappa shape index (κ2) is 9.60. The molecular weight excluding hydrogens is 465 g/mol. The second-order valence-corrected chi connectivity index (χ2v) is 8.41. The topological polar surface area (TPSA) is 76.9 Å². The summed E-state index contributed by atoms with van der Waals surface area (Å²) in [6.07, 6.45) is -4.47. The van der Waals surface area contributed by atoms with Crippen molar-refractivity contribution in [3.8, 4) is 21.1 Å². The minimum absolute atomic E-state index is 0.0765. The first-order chi connectivity index (χ1) is 16.2. The van der Waals surface area contributed by atoms with Crippen LogP contribution in [0.2, 0.25) is 0 Å². The zero-order chi connectivity index (χ0) is 24.3. The molecule has 0 saturated carbocycles. The molecule has 0 bridgehead atoms. The van der Waals surface area contributed by atoms with E-state index in [-0.39, 0.29) is 24.2 Å². The van der Waals surface area contributed by atoms with Crippen LogP contribution in [-0.2, 0) is 12.7 Å². The lowest BCUT2D eigenvalue weighted by atomic mass is 10.1. The Bertz CT molecular complexity index is 1360. The molecule has 0 aliphatic carbocycles. The molecule has 2 aromatic heterocycles. The van der Waals surface area contributed by atoms with Crippen molar-refractivity contribution in [1.29, 1.82) is 0 Å². The van der Waals surface area contributed by atoms with Crippen LogP contribution in [0.5, 0.6) is 0 Å². The summed E-state index contributed by atoms with van der Waals surface area (Å²) in [7, 11) is 0. The molecule has 2 heterocycles. The molecule has 4 rings (SSSR count). The molecule has 1 amide bonds. The number of nitrogens with zero attached hydrogens (tertiary/aromatic N) is 3. The molecular formula is C24H19F3N4O2S. The Morgan fingerprint density at radius 3 is 2.41 bits per heavy atom. The van der Waals surface area contributed by atoms with Gasteiger partial charge >= 0.3 is 6.18 Å². The van der Waals surface area contributed by atoms with E-state index in [1.807, 2.05) is 37.3 Å². The van der Waals surface area contributed by atoms with Crippen molar-refractivity contribution in [2.24, 2.45) is 0 Å². The van der Waals surface area contributed by atoms with Crippen molar-refractivity contribution >= 4 is 17.2 Å². The number of aryl methyl sites for hydroxylation is 1. The van der Waals surface area contributed by atoms with E-state index in [4.69, 9.17) is 0 Å². The van der Waals surface area contributed by atoms with Gasteiger partial charge in [0.05, 0.1) is 22.7 Å². The maximum absolute atomic E-state index is 12.7. The van der Waals surface area contributed by atoms with Crippen molar-refractivity contribution in [2.75, 3.05) is 6.54 Å². The van der Waals surface area contributed by atoms with Gasteiger partial charge in [0.1, 0.15) is 10.7 Å². The van der Waals surface area contributed by atoms with Gasteiger partial charge in [-0.05, 0) is 37.3 Å². The van der Waals surface area contributed by atoms with E-state index in [9.17, 15) is 22.8 Å². The van der Waals surface area contributed by atoms with Gasteiger partial charge in [0.15, 0.2) is 0 Å². The van der Waals surface area contributed by atoms with Crippen LogP contribution in [0, 0.1) is 6.92 Å². The Labute approximate surface area is 196 Å². The lowest BCUT2D eigenvalue weighted by molar-refractivity contribution is -0.137. The van der Waals surface area contributed by atoms with E-state index in [1.165, 1.54) is 22.1 Å². The molecule has 0 atom stereocenters. The van der Waals surface area contributed by atoms with Crippen LogP contribution in [-0.4, -0.2) is 27.2 Å². The molecule has 6 nitrogen and oxygen atoms in total. The average molecular weight is 485 g/mol. The number of nitrogens with one attached hydrogen (secondary N) is 1. The Morgan fingerprint density at radius 1 is 1.03 bits per heavy atom. The summed E-state index contributed by atoms with van der Waals surface area (Å²) in [5.74, 6) is -0.538. The summed E-state index contributed by atoms with van der Waals surface area (Å²) < 4.78 is 39.3. The van der Waals surface area contributed by atoms with E-state index in [0.717, 1.165) is 45.4 Å². The predicted molar refractivity (Wildman–Crippen MR) is 124 cm³/mol. The van der Waals surface area contributed by atoms with Crippen LogP contribution in [0.3, 0.4) is 0 Å². The fourth-order valence-corrected chi connectivity index (χ4v) is 4.29. The SMILES string of the molecule is Cc1nc(-c2ccccc2)sc1-c1ccc(=O)n(CCNC(=O)c2ccc(C(F)(F)F)cc2)n1. The molecule has 0 unspecified atom stereocenters. The monoisotopic (exact) mass is 484 g/mol. The highest BCUT2D eigenvalue weighted by atomic mass is 32.1. The van der Waals surface area contributed by atoms with Crippen molar-refractivity contribution in [1.82, 2.24) is 20.1 Å². The molecule has 0 saturated heterocycles. The number of halogens is 3. The molecule has 2 aromatic carbocycles. The normalized spacial score (nSPS) is 11.4. The van der Waals surface area contributed by atoms with Gasteiger partial charge in [-0.1, -0.05) is 30.3 Å². The lowest BCUT2D eigenvalue weighted by Crippen LogP contribution is -2.32. The van der Waals surface area contributed by atoms with E-state index in [0.29, 0.717) is 5.69 Å². The van der Waals surface area contributed by atoms with Gasteiger partial charge in [0.25, 0.3) is 11.5 Å². The number of carbonyl (C=O) groups is 1. The van der Waals surface area contributed by atoms with Gasteiger partial charge in [0, 0.05) is 23.7 Å². The summed E-state index contributed by atoms with van der Waals surface area (Å²) in [6, 6.07) is 16.7. The third kappa shape index (κ3) is 5.23. The lowest BCUT2D eigenvalue weighted by Gasteiger charge is -2.09. The number of thiazole rings is 1. The van der Waals surface area contributed by atoms with Gasteiger partial charge in [-0.2, -0.15) is 18.3 Å². The number of rotatable bonds is 6. The highest BCUT2D eigenvalue weighted by molar-refractivity contribution is 7.18. The van der Waals surface area contributed by atoms with Crippen molar-refractivity contribution in [2.45, 2.75) is 19.6 Å². The van der Waals surface area contributed by atoms with Gasteiger partial charge in [-0.15, -0.1) is 11.3 Å². The van der Waals surface area contributed by atoms with Crippen LogP contribution in [0.1, 0.15) is 21.6 Å². The molecule has 34 heavy (non-hydrogen) atoms. The first-order valence-corrected chi connectivity index (χ1v) is 11.1. The minimum atomic E-state index is -4.47. The summed E-state index contributed by atoms with van der Waals surface area (Å²) in [6.45, 7) is 2.05. The van der Waals surface area contributed by atoms with Crippen molar-refractivity contribution in [3.05, 3.63) is 93.9 Å². The Kier molecular flexibility index (Phi) is 6.60. The average Bonchev–Trinajstić information content (AvgIpc) is 3.22. The highest BCUT2D eigenvalue weighted by Gasteiger charge is 2.30. The first-order valence-electron chi connectivity index (χ1n) is 10.3. The Hall–Kier alpha value is -3.79. The highest BCUT2D eigenvalue weighted by Crippen LogP contribution is 2.33. The molecule has 174 valence electrons. The number of benzene rings is 2. The molecule has 0 aliphatic heterocycles. The summed E-state index contributed by atoms with van der Waals surface area (Å²) >= 11 is 1.47. The van der Waals surface area contributed by atoms with Gasteiger partial charge < -0.3 is 5.32 Å². The largest absolute Gasteiger partial charge is 0.416 e. The number of hydrogen-bond acceptors (Lipinski definition) is 5. The van der Waals surface area contributed by atoms with Crippen LogP contribution in [0.15, 0.2) is 71.5 Å². The molecule has 1 N–H and O–H groups in total. The van der Waals surface area contributed by atoms with Gasteiger partial charge in [-0.25, -0.2) is 9.67 Å². The summed E-state index contributed by atoms with van der Waals surface area (Å²) in [5, 5.41) is 7.86. The number of alkyl halides is 3. The fraction of sp³-hybridized carbons (Fsp3) is 0.167. The number of aromatic nitrogens is 3. The van der Waals surface area contributed by atoms with Crippen LogP contribution in [0.4, 0.5) is 13.2 Å². The number of hydrogen-bond donors (Lipinski definition) is 1. The van der Waals surface area contributed by atoms with Crippen molar-refractivity contribution in [3.63, 3.8) is 0 Å². The fourth-order valence-electron chi connectivity index (χ4n) is 3.26. The standard InChI is InChI=1S/C24H19F3N4O2S/c1-15-21(34-23(29-15)17-5-3-2-4-6-17)19-11-12-20(32)31(30-19)14-13-28-22(33)16-7-9-18(10-8-16)24(25,26)27/h2-12H,13-14H2,1H3,(H,28,33). The zero-order valence-corrected chi connectivity index (χ0v) is 18.8. The third-order valence-corrected chi connectivity index (χ3v) is 6.23. The Balaban J connectivity index is 1.45. The van der Waals surface area contributed by atoms with E-state index in [2.05, 4.69) is 15.4 Å². The molecule has 0 radical (unpaired) electrons. The molecule has 0 spiro atoms. The summed E-state index contributed by atoms with van der Waals surface area (Å²) in [5.41, 5.74) is 1.29. The van der Waals surface area contributed by atoms with Gasteiger partial charge in [0.2, 0.25) is 0 Å². The quantitative estimate of drug-likeness (QED) is 0.427. The number of carbonyl (C=O) groups excluding carboxylic acids is 1. The van der Waals surface area contributed by atoms with Crippen LogP contribution >= 0.6 is 11.3 Å². The smallest absolute Gasteiger partial charge is 0.350 e. The van der Waals surface area contributed by atoms with Crippen molar-refractivity contribution < 1.29 is 18.0 Å². The van der Waals surface area contributed by atoms with E-state index >= 15 is 0 Å². The summed E-state index contributed by atoms with van der Waals surface area (Å²) in [4.78, 5) is 30.0. The minimum Gasteiger partial charge on any atom is -0.350 e. The Morgan fingerprint density at radius 2 is 1.74 bits per heavy atom. The first kappa shape index (κ1) is 23.4. The van der Waals surface area contributed by atoms with E-state index in [1.54, 1.807) is 6.07 Å². The third-order valence-electron chi connectivity index (χ3n) is 5.00. The molecule has 4 aromatic rings. The van der Waals surface area contributed by atoms with Crippen LogP contribution in [0.25, 0.3) is 21.1 Å². The van der Waals surface area contributed by atoms with E-state index < -0.39 is 17.6 Å². The van der Waals surface area contributed by atoms with Crippen LogP contribution < -0.4 is 10.9 Å². The zero-order valence-electron chi connectivity index (χ0n) is 18.0.